The van der Waals surface area contributed by atoms with Crippen molar-refractivity contribution in [3.63, 3.8) is 0 Å². The average molecular weight is 409 g/mol. The van der Waals surface area contributed by atoms with E-state index >= 15 is 0 Å². The van der Waals surface area contributed by atoms with E-state index in [2.05, 4.69) is 9.97 Å². The Kier molecular flexibility index (Phi) is 5.59. The van der Waals surface area contributed by atoms with Gasteiger partial charge in [-0.3, -0.25) is 9.59 Å². The summed E-state index contributed by atoms with van der Waals surface area (Å²) in [4.78, 5) is 33.8. The number of nitrogens with one attached hydrogen (secondary N) is 1. The molecule has 3 rings (SSSR count). The molecule has 28 heavy (non-hydrogen) atoms. The van der Waals surface area contributed by atoms with Crippen LogP contribution in [0.4, 0.5) is 0 Å². The van der Waals surface area contributed by atoms with E-state index < -0.39 is 15.8 Å². The van der Waals surface area contributed by atoms with Crippen molar-refractivity contribution in [1.82, 2.24) is 14.9 Å². The van der Waals surface area contributed by atoms with E-state index in [-0.39, 0.29) is 29.5 Å². The van der Waals surface area contributed by atoms with Gasteiger partial charge in [-0.2, -0.15) is 0 Å². The summed E-state index contributed by atoms with van der Waals surface area (Å²) in [5.74, 6) is 0.316. The van der Waals surface area contributed by atoms with Gasteiger partial charge in [0.1, 0.15) is 5.82 Å². The number of carbonyl (C=O) groups is 1. The SMILES string of the molecule is CCN(Cc1nc2cc(OC)c(OC)cc2c(=O)[nH]1)C(=O)[C@H]1CCS(=O)(=O)C1. The number of aromatic amines is 1. The van der Waals surface area contributed by atoms with Gasteiger partial charge < -0.3 is 19.4 Å². The van der Waals surface area contributed by atoms with E-state index in [9.17, 15) is 18.0 Å². The molecule has 1 aliphatic heterocycles. The first-order chi connectivity index (χ1) is 13.3. The fourth-order valence-corrected chi connectivity index (χ4v) is 5.10. The van der Waals surface area contributed by atoms with E-state index in [1.54, 1.807) is 19.1 Å². The molecule has 0 unspecified atom stereocenters. The van der Waals surface area contributed by atoms with Crippen molar-refractivity contribution >= 4 is 26.6 Å². The molecular formula is C18H23N3O6S. The maximum absolute atomic E-state index is 12.7. The molecule has 2 heterocycles. The van der Waals surface area contributed by atoms with Crippen LogP contribution in [0.3, 0.4) is 0 Å². The first kappa shape index (κ1) is 20.1. The van der Waals surface area contributed by atoms with Gasteiger partial charge in [0.2, 0.25) is 5.91 Å². The number of aromatic nitrogens is 2. The molecule has 1 amide bonds. The number of H-pyrrole nitrogens is 1. The first-order valence-corrected chi connectivity index (χ1v) is 10.7. The molecule has 0 aliphatic carbocycles. The van der Waals surface area contributed by atoms with Crippen LogP contribution in [0.1, 0.15) is 19.2 Å². The number of methoxy groups -OCH3 is 2. The van der Waals surface area contributed by atoms with Crippen LogP contribution in [0, 0.1) is 5.92 Å². The quantitative estimate of drug-likeness (QED) is 0.747. The van der Waals surface area contributed by atoms with Gasteiger partial charge in [0.25, 0.3) is 5.56 Å². The zero-order valence-electron chi connectivity index (χ0n) is 16.0. The lowest BCUT2D eigenvalue weighted by atomic mass is 10.1. The Morgan fingerprint density at radius 1 is 1.29 bits per heavy atom. The molecule has 9 nitrogen and oxygen atoms in total. The van der Waals surface area contributed by atoms with Crippen molar-refractivity contribution in [2.24, 2.45) is 5.92 Å². The van der Waals surface area contributed by atoms with Gasteiger partial charge in [-0.25, -0.2) is 13.4 Å². The minimum Gasteiger partial charge on any atom is -0.493 e. The molecule has 1 N–H and O–H groups in total. The van der Waals surface area contributed by atoms with Gasteiger partial charge in [-0.05, 0) is 19.4 Å². The highest BCUT2D eigenvalue weighted by Crippen LogP contribution is 2.30. The van der Waals surface area contributed by atoms with Crippen molar-refractivity contribution in [3.8, 4) is 11.5 Å². The molecule has 1 aromatic heterocycles. The van der Waals surface area contributed by atoms with Crippen molar-refractivity contribution in [2.45, 2.75) is 19.9 Å². The third kappa shape index (κ3) is 3.96. The maximum atomic E-state index is 12.7. The Balaban J connectivity index is 1.90. The van der Waals surface area contributed by atoms with Gasteiger partial charge >= 0.3 is 0 Å². The molecule has 1 atom stereocenters. The van der Waals surface area contributed by atoms with Crippen LogP contribution >= 0.6 is 0 Å². The monoisotopic (exact) mass is 409 g/mol. The number of benzene rings is 1. The number of ether oxygens (including phenoxy) is 2. The van der Waals surface area contributed by atoms with E-state index in [1.807, 2.05) is 0 Å². The van der Waals surface area contributed by atoms with Crippen molar-refractivity contribution < 1.29 is 22.7 Å². The highest BCUT2D eigenvalue weighted by Gasteiger charge is 2.35. The topological polar surface area (TPSA) is 119 Å². The number of fused-ring (bicyclic) bond motifs is 1. The number of sulfone groups is 1. The van der Waals surface area contributed by atoms with E-state index in [0.29, 0.717) is 41.2 Å². The second kappa shape index (κ2) is 7.78. The normalized spacial score (nSPS) is 18.2. The predicted octanol–water partition coefficient (Wildman–Crippen LogP) is 0.724. The highest BCUT2D eigenvalue weighted by atomic mass is 32.2. The highest BCUT2D eigenvalue weighted by molar-refractivity contribution is 7.91. The number of hydrogen-bond acceptors (Lipinski definition) is 7. The standard InChI is InChI=1S/C18H23N3O6S/c1-4-21(18(23)11-5-6-28(24,25)10-11)9-16-19-13-8-15(27-3)14(26-2)7-12(13)17(22)20-16/h7-8,11H,4-6,9-10H2,1-3H3,(H,19,20,22)/t11-/m0/s1. The van der Waals surface area contributed by atoms with E-state index in [1.165, 1.54) is 19.1 Å². The van der Waals surface area contributed by atoms with Crippen LogP contribution < -0.4 is 15.0 Å². The fraction of sp³-hybridized carbons (Fsp3) is 0.500. The van der Waals surface area contributed by atoms with E-state index in [4.69, 9.17) is 9.47 Å². The minimum absolute atomic E-state index is 0.0354. The lowest BCUT2D eigenvalue weighted by molar-refractivity contribution is -0.135. The summed E-state index contributed by atoms with van der Waals surface area (Å²) in [6, 6.07) is 3.16. The van der Waals surface area contributed by atoms with Crippen LogP contribution in [0.15, 0.2) is 16.9 Å². The summed E-state index contributed by atoms with van der Waals surface area (Å²) in [5.41, 5.74) is 0.0660. The first-order valence-electron chi connectivity index (χ1n) is 8.92. The van der Waals surface area contributed by atoms with Gasteiger partial charge in [0.05, 0.1) is 49.1 Å². The Bertz CT molecular complexity index is 1060. The van der Waals surface area contributed by atoms with E-state index in [0.717, 1.165) is 0 Å². The zero-order chi connectivity index (χ0) is 20.5. The van der Waals surface area contributed by atoms with Crippen LogP contribution in [0.25, 0.3) is 10.9 Å². The Morgan fingerprint density at radius 3 is 2.54 bits per heavy atom. The fourth-order valence-electron chi connectivity index (χ4n) is 3.36. The molecule has 2 aromatic rings. The summed E-state index contributed by atoms with van der Waals surface area (Å²) in [6.45, 7) is 2.27. The third-order valence-electron chi connectivity index (χ3n) is 4.88. The Hall–Kier alpha value is -2.62. The maximum Gasteiger partial charge on any atom is 0.258 e. The molecule has 0 saturated carbocycles. The molecule has 10 heteroatoms. The molecule has 0 spiro atoms. The molecule has 1 aliphatic rings. The van der Waals surface area contributed by atoms with Crippen molar-refractivity contribution in [1.29, 1.82) is 0 Å². The lowest BCUT2D eigenvalue weighted by Crippen LogP contribution is -2.37. The summed E-state index contributed by atoms with van der Waals surface area (Å²) in [5, 5.41) is 0.345. The second-order valence-corrected chi connectivity index (χ2v) is 8.92. The number of rotatable bonds is 6. The molecule has 0 radical (unpaired) electrons. The zero-order valence-corrected chi connectivity index (χ0v) is 16.8. The van der Waals surface area contributed by atoms with Crippen LogP contribution in [-0.4, -0.2) is 61.5 Å². The van der Waals surface area contributed by atoms with Gasteiger partial charge in [0, 0.05) is 12.6 Å². The summed E-state index contributed by atoms with van der Waals surface area (Å²) in [6.07, 6.45) is 0.330. The molecule has 152 valence electrons. The number of nitrogens with zero attached hydrogens (tertiary/aromatic N) is 2. The predicted molar refractivity (Wildman–Crippen MR) is 103 cm³/mol. The van der Waals surface area contributed by atoms with Crippen LogP contribution in [0.5, 0.6) is 11.5 Å². The molecule has 1 fully saturated rings. The number of carbonyl (C=O) groups excluding carboxylic acids is 1. The van der Waals surface area contributed by atoms with Crippen molar-refractivity contribution in [3.05, 3.63) is 28.3 Å². The minimum atomic E-state index is -3.15. The average Bonchev–Trinajstić information content (AvgIpc) is 3.04. The number of amides is 1. The molecular weight excluding hydrogens is 386 g/mol. The number of hydrogen-bond donors (Lipinski definition) is 1. The Morgan fingerprint density at radius 2 is 1.96 bits per heavy atom. The molecule has 1 saturated heterocycles. The van der Waals surface area contributed by atoms with Gasteiger partial charge in [-0.15, -0.1) is 0 Å². The van der Waals surface area contributed by atoms with Gasteiger partial charge in [-0.1, -0.05) is 0 Å². The molecule has 1 aromatic carbocycles. The Labute approximate surface area is 162 Å². The third-order valence-corrected chi connectivity index (χ3v) is 6.64. The largest absolute Gasteiger partial charge is 0.493 e. The second-order valence-electron chi connectivity index (χ2n) is 6.69. The lowest BCUT2D eigenvalue weighted by Gasteiger charge is -2.23. The summed E-state index contributed by atoms with van der Waals surface area (Å²) in [7, 11) is -0.181. The summed E-state index contributed by atoms with van der Waals surface area (Å²) < 4.78 is 33.8. The molecule has 0 bridgehead atoms. The van der Waals surface area contributed by atoms with Crippen LogP contribution in [0.2, 0.25) is 0 Å². The van der Waals surface area contributed by atoms with Gasteiger partial charge in [0.15, 0.2) is 21.3 Å². The smallest absolute Gasteiger partial charge is 0.258 e. The van der Waals surface area contributed by atoms with Crippen LogP contribution in [-0.2, 0) is 21.2 Å². The summed E-state index contributed by atoms with van der Waals surface area (Å²) >= 11 is 0. The van der Waals surface area contributed by atoms with Crippen molar-refractivity contribution in [2.75, 3.05) is 32.3 Å².